The number of carbonyl (C=O) groups excluding carboxylic acids is 1. The van der Waals surface area contributed by atoms with Crippen LogP contribution in [0.15, 0.2) is 48.5 Å². The number of rotatable bonds is 7. The van der Waals surface area contributed by atoms with Gasteiger partial charge in [0.25, 0.3) is 0 Å². The zero-order chi connectivity index (χ0) is 18.4. The maximum atomic E-state index is 12.0. The van der Waals surface area contributed by atoms with E-state index in [0.717, 1.165) is 5.75 Å². The van der Waals surface area contributed by atoms with Crippen LogP contribution in [0.25, 0.3) is 0 Å². The topological polar surface area (TPSA) is 66.4 Å². The van der Waals surface area contributed by atoms with Gasteiger partial charge in [0.05, 0.1) is 11.2 Å². The minimum atomic E-state index is -0.952. The van der Waals surface area contributed by atoms with Crippen LogP contribution in [-0.4, -0.2) is 22.7 Å². The maximum absolute atomic E-state index is 12.0. The Balaban J connectivity index is 1.85. The molecule has 1 amide bonds. The fourth-order valence-corrected chi connectivity index (χ4v) is 3.13. The highest BCUT2D eigenvalue weighted by atomic mass is 32.2. The van der Waals surface area contributed by atoms with Crippen molar-refractivity contribution in [2.24, 2.45) is 0 Å². The highest BCUT2D eigenvalue weighted by Crippen LogP contribution is 2.25. The third-order valence-electron chi connectivity index (χ3n) is 4.01. The van der Waals surface area contributed by atoms with Crippen molar-refractivity contribution in [2.75, 3.05) is 11.1 Å². The van der Waals surface area contributed by atoms with Gasteiger partial charge in [-0.05, 0) is 44.0 Å². The molecule has 2 aromatic carbocycles. The molecule has 0 aromatic heterocycles. The van der Waals surface area contributed by atoms with Crippen molar-refractivity contribution in [1.29, 1.82) is 0 Å². The van der Waals surface area contributed by atoms with Crippen LogP contribution in [0.1, 0.15) is 30.5 Å². The Hall–Kier alpha value is -2.27. The average molecular weight is 357 g/mol. The van der Waals surface area contributed by atoms with Crippen molar-refractivity contribution >= 4 is 29.3 Å². The molecule has 4 nitrogen and oxygen atoms in total. The van der Waals surface area contributed by atoms with Crippen LogP contribution in [0.2, 0.25) is 0 Å². The molecule has 0 aliphatic heterocycles. The molecule has 2 aromatic rings. The van der Waals surface area contributed by atoms with E-state index >= 15 is 0 Å². The minimum Gasteiger partial charge on any atom is -0.481 e. The second-order valence-corrected chi connectivity index (χ2v) is 7.52. The van der Waals surface area contributed by atoms with Crippen molar-refractivity contribution in [1.82, 2.24) is 0 Å². The van der Waals surface area contributed by atoms with Crippen molar-refractivity contribution in [3.8, 4) is 0 Å². The lowest BCUT2D eigenvalue weighted by atomic mass is 9.85. The van der Waals surface area contributed by atoms with E-state index in [9.17, 15) is 14.7 Å². The number of anilines is 1. The van der Waals surface area contributed by atoms with E-state index in [1.807, 2.05) is 6.07 Å². The largest absolute Gasteiger partial charge is 0.481 e. The third kappa shape index (κ3) is 5.36. The van der Waals surface area contributed by atoms with Crippen LogP contribution in [0.5, 0.6) is 0 Å². The summed E-state index contributed by atoms with van der Waals surface area (Å²) in [5.41, 5.74) is 2.84. The quantitative estimate of drug-likeness (QED) is 0.778. The lowest BCUT2D eigenvalue weighted by Crippen LogP contribution is -2.28. The van der Waals surface area contributed by atoms with Crippen LogP contribution in [0.4, 0.5) is 5.69 Å². The molecule has 2 N–H and O–H groups in total. The molecular formula is C20H23NO3S. The first kappa shape index (κ1) is 19.1. The van der Waals surface area contributed by atoms with Gasteiger partial charge >= 0.3 is 5.97 Å². The Morgan fingerprint density at radius 3 is 2.40 bits per heavy atom. The molecule has 0 spiro atoms. The first-order chi connectivity index (χ1) is 11.8. The summed E-state index contributed by atoms with van der Waals surface area (Å²) in [5.74, 6) is 0.219. The number of hydrogen-bond donors (Lipinski definition) is 2. The zero-order valence-electron chi connectivity index (χ0n) is 14.7. The summed E-state index contributed by atoms with van der Waals surface area (Å²) in [6.45, 7) is 5.37. The molecule has 5 heteroatoms. The lowest BCUT2D eigenvalue weighted by Gasteiger charge is -2.19. The molecule has 0 bridgehead atoms. The molecule has 2 rings (SSSR count). The molecule has 25 heavy (non-hydrogen) atoms. The molecule has 0 unspecified atom stereocenters. The number of thioether (sulfide) groups is 1. The van der Waals surface area contributed by atoms with E-state index in [2.05, 4.69) is 30.4 Å². The normalized spacial score (nSPS) is 11.2. The third-order valence-corrected chi connectivity index (χ3v) is 5.01. The van der Waals surface area contributed by atoms with Gasteiger partial charge < -0.3 is 10.4 Å². The number of amides is 1. The Bertz CT molecular complexity index is 754. The molecule has 0 fully saturated rings. The van der Waals surface area contributed by atoms with Crippen LogP contribution in [0, 0.1) is 6.92 Å². The van der Waals surface area contributed by atoms with Crippen molar-refractivity contribution in [3.63, 3.8) is 0 Å². The highest BCUT2D eigenvalue weighted by Gasteiger charge is 2.29. The molecule has 0 saturated carbocycles. The van der Waals surface area contributed by atoms with E-state index in [1.54, 1.807) is 49.9 Å². The number of hydrogen-bond acceptors (Lipinski definition) is 3. The molecule has 0 heterocycles. The van der Waals surface area contributed by atoms with E-state index in [4.69, 9.17) is 0 Å². The number of aliphatic carboxylic acids is 1. The Kier molecular flexibility index (Phi) is 6.26. The summed E-state index contributed by atoms with van der Waals surface area (Å²) in [6, 6.07) is 15.2. The van der Waals surface area contributed by atoms with Gasteiger partial charge in [-0.25, -0.2) is 0 Å². The van der Waals surface area contributed by atoms with Crippen molar-refractivity contribution < 1.29 is 14.7 Å². The highest BCUT2D eigenvalue weighted by molar-refractivity contribution is 7.99. The number of nitrogens with one attached hydrogen (secondary N) is 1. The van der Waals surface area contributed by atoms with Gasteiger partial charge in [0, 0.05) is 11.4 Å². The second-order valence-electron chi connectivity index (χ2n) is 6.54. The molecule has 0 aliphatic carbocycles. The maximum Gasteiger partial charge on any atom is 0.313 e. The SMILES string of the molecule is Cc1cccc(CSCC(=O)Nc2ccc(C(C)(C)C(=O)O)cc2)c1. The summed E-state index contributed by atoms with van der Waals surface area (Å²) >= 11 is 1.56. The van der Waals surface area contributed by atoms with Gasteiger partial charge in [-0.3, -0.25) is 9.59 Å². The lowest BCUT2D eigenvalue weighted by molar-refractivity contribution is -0.142. The minimum absolute atomic E-state index is 0.0668. The summed E-state index contributed by atoms with van der Waals surface area (Å²) in [6.07, 6.45) is 0. The summed E-state index contributed by atoms with van der Waals surface area (Å²) in [5, 5.41) is 12.1. The fourth-order valence-electron chi connectivity index (χ4n) is 2.35. The van der Waals surface area contributed by atoms with Gasteiger partial charge in [-0.15, -0.1) is 11.8 Å². The Morgan fingerprint density at radius 2 is 1.80 bits per heavy atom. The predicted molar refractivity (Wildman–Crippen MR) is 103 cm³/mol. The van der Waals surface area contributed by atoms with E-state index < -0.39 is 11.4 Å². The smallest absolute Gasteiger partial charge is 0.313 e. The number of carbonyl (C=O) groups is 2. The monoisotopic (exact) mass is 357 g/mol. The first-order valence-corrected chi connectivity index (χ1v) is 9.21. The fraction of sp³-hybridized carbons (Fsp3) is 0.300. The molecule has 0 radical (unpaired) electrons. The summed E-state index contributed by atoms with van der Waals surface area (Å²) in [7, 11) is 0. The van der Waals surface area contributed by atoms with Crippen LogP contribution >= 0.6 is 11.8 Å². The van der Waals surface area contributed by atoms with Gasteiger partial charge in [0.15, 0.2) is 0 Å². The molecule has 0 saturated heterocycles. The average Bonchev–Trinajstić information content (AvgIpc) is 2.55. The summed E-state index contributed by atoms with van der Waals surface area (Å²) < 4.78 is 0. The van der Waals surface area contributed by atoms with Gasteiger partial charge in [0.1, 0.15) is 0 Å². The summed E-state index contributed by atoms with van der Waals surface area (Å²) in [4.78, 5) is 23.3. The number of carboxylic acids is 1. The number of carboxylic acid groups (broad SMARTS) is 1. The molecular weight excluding hydrogens is 334 g/mol. The predicted octanol–water partition coefficient (Wildman–Crippen LogP) is 4.23. The Morgan fingerprint density at radius 1 is 1.12 bits per heavy atom. The molecule has 0 atom stereocenters. The van der Waals surface area contributed by atoms with E-state index in [0.29, 0.717) is 17.0 Å². The van der Waals surface area contributed by atoms with Crippen LogP contribution < -0.4 is 5.32 Å². The molecule has 0 aliphatic rings. The zero-order valence-corrected chi connectivity index (χ0v) is 15.5. The van der Waals surface area contributed by atoms with Gasteiger partial charge in [-0.1, -0.05) is 42.0 Å². The second kappa shape index (κ2) is 8.21. The van der Waals surface area contributed by atoms with Crippen LogP contribution in [-0.2, 0) is 20.8 Å². The van der Waals surface area contributed by atoms with E-state index in [-0.39, 0.29) is 5.91 Å². The van der Waals surface area contributed by atoms with Crippen LogP contribution in [0.3, 0.4) is 0 Å². The van der Waals surface area contributed by atoms with Crippen molar-refractivity contribution in [2.45, 2.75) is 31.9 Å². The molecule has 132 valence electrons. The van der Waals surface area contributed by atoms with E-state index in [1.165, 1.54) is 11.1 Å². The number of aryl methyl sites for hydroxylation is 1. The standard InChI is InChI=1S/C20H23NO3S/c1-14-5-4-6-15(11-14)12-25-13-18(22)21-17-9-7-16(8-10-17)20(2,3)19(23)24/h4-11H,12-13H2,1-3H3,(H,21,22)(H,23,24). The van der Waals surface area contributed by atoms with Gasteiger partial charge in [0.2, 0.25) is 5.91 Å². The Labute approximate surface area is 152 Å². The first-order valence-electron chi connectivity index (χ1n) is 8.06. The van der Waals surface area contributed by atoms with Gasteiger partial charge in [-0.2, -0.15) is 0 Å². The number of benzene rings is 2. The van der Waals surface area contributed by atoms with Crippen molar-refractivity contribution in [3.05, 3.63) is 65.2 Å².